The van der Waals surface area contributed by atoms with Gasteiger partial charge in [0, 0.05) is 33.8 Å². The second kappa shape index (κ2) is 9.89. The summed E-state index contributed by atoms with van der Waals surface area (Å²) >= 11 is 0. The average Bonchev–Trinajstić information content (AvgIpc) is 3.47. The Hall–Kier alpha value is -5.80. The first-order valence-corrected chi connectivity index (χ1v) is 15.1. The van der Waals surface area contributed by atoms with Crippen LogP contribution in [0.2, 0.25) is 0 Å². The molecule has 208 valence electrons. The fraction of sp³-hybridized carbons (Fsp3) is 0.0244. The van der Waals surface area contributed by atoms with Crippen LogP contribution < -0.4 is 10.2 Å². The number of nitrogens with one attached hydrogen (secondary N) is 1. The monoisotopic (exact) mass is 564 g/mol. The summed E-state index contributed by atoms with van der Waals surface area (Å²) in [6, 6.07) is 50.4. The summed E-state index contributed by atoms with van der Waals surface area (Å²) in [5.41, 5.74) is 7.72. The number of benzene rings is 7. The van der Waals surface area contributed by atoms with Gasteiger partial charge < -0.3 is 14.6 Å². The highest BCUT2D eigenvalue weighted by atomic mass is 16.3. The van der Waals surface area contributed by atoms with Crippen molar-refractivity contribution in [3.05, 3.63) is 157 Å². The number of fused-ring (bicyclic) bond motifs is 8. The molecule has 44 heavy (non-hydrogen) atoms. The van der Waals surface area contributed by atoms with Gasteiger partial charge in [0.05, 0.1) is 12.2 Å². The van der Waals surface area contributed by atoms with Gasteiger partial charge in [-0.1, -0.05) is 103 Å². The smallest absolute Gasteiger partial charge is 0.137 e. The Balaban J connectivity index is 1.32. The highest BCUT2D eigenvalue weighted by Gasteiger charge is 2.21. The van der Waals surface area contributed by atoms with Crippen LogP contribution in [0.5, 0.6) is 0 Å². The van der Waals surface area contributed by atoms with E-state index in [1.54, 1.807) is 0 Å². The standard InChI is InChI=1S/C41H28N2O/c1-2-8-27(9-3-1)28-14-17-31(18-15-28)43(32-19-21-35-36-22-23-42-26-40(36)44-39(35)25-32)38-24-30-11-5-7-13-34(30)41-33-12-6-4-10-29(33)16-20-37(38)41/h1-25,42H,26H2. The first-order valence-electron chi connectivity index (χ1n) is 15.1. The van der Waals surface area contributed by atoms with E-state index < -0.39 is 0 Å². The molecule has 3 heteroatoms. The van der Waals surface area contributed by atoms with Crippen molar-refractivity contribution in [2.24, 2.45) is 0 Å². The van der Waals surface area contributed by atoms with E-state index in [1.807, 2.05) is 6.20 Å². The van der Waals surface area contributed by atoms with Crippen LogP contribution in [-0.2, 0) is 6.54 Å². The third kappa shape index (κ3) is 3.90. The maximum atomic E-state index is 6.40. The molecule has 0 fully saturated rings. The van der Waals surface area contributed by atoms with Crippen LogP contribution >= 0.6 is 0 Å². The van der Waals surface area contributed by atoms with Crippen LogP contribution in [0.4, 0.5) is 17.1 Å². The van der Waals surface area contributed by atoms with Gasteiger partial charge in [-0.05, 0) is 80.7 Å². The molecule has 0 radical (unpaired) electrons. The van der Waals surface area contributed by atoms with E-state index in [9.17, 15) is 0 Å². The van der Waals surface area contributed by atoms with Crippen molar-refractivity contribution in [2.45, 2.75) is 6.54 Å². The fourth-order valence-corrected chi connectivity index (χ4v) is 6.80. The third-order valence-electron chi connectivity index (χ3n) is 8.88. The van der Waals surface area contributed by atoms with Gasteiger partial charge in [-0.25, -0.2) is 0 Å². The Labute approximate surface area is 255 Å². The minimum atomic E-state index is 0.697. The summed E-state index contributed by atoms with van der Waals surface area (Å²) in [4.78, 5) is 2.38. The van der Waals surface area contributed by atoms with Crippen molar-refractivity contribution in [1.82, 2.24) is 5.32 Å². The molecule has 0 saturated heterocycles. The van der Waals surface area contributed by atoms with E-state index in [1.165, 1.54) is 43.4 Å². The van der Waals surface area contributed by atoms with Gasteiger partial charge in [-0.15, -0.1) is 0 Å². The molecule has 0 bridgehead atoms. The van der Waals surface area contributed by atoms with Crippen LogP contribution in [0.1, 0.15) is 11.3 Å². The van der Waals surface area contributed by atoms with Crippen molar-refractivity contribution in [2.75, 3.05) is 4.90 Å². The lowest BCUT2D eigenvalue weighted by Gasteiger charge is -2.28. The number of anilines is 3. The largest absolute Gasteiger partial charge is 0.458 e. The lowest BCUT2D eigenvalue weighted by Crippen LogP contribution is -2.10. The van der Waals surface area contributed by atoms with Crippen LogP contribution in [0.25, 0.3) is 60.5 Å². The zero-order valence-corrected chi connectivity index (χ0v) is 24.0. The maximum Gasteiger partial charge on any atom is 0.137 e. The van der Waals surface area contributed by atoms with Gasteiger partial charge >= 0.3 is 0 Å². The normalized spacial score (nSPS) is 12.5. The lowest BCUT2D eigenvalue weighted by atomic mass is 9.94. The predicted molar refractivity (Wildman–Crippen MR) is 185 cm³/mol. The number of hydrogen-bond acceptors (Lipinski definition) is 3. The Morgan fingerprint density at radius 1 is 0.545 bits per heavy atom. The van der Waals surface area contributed by atoms with E-state index in [2.05, 4.69) is 156 Å². The van der Waals surface area contributed by atoms with E-state index >= 15 is 0 Å². The van der Waals surface area contributed by atoms with Crippen molar-refractivity contribution in [3.8, 4) is 11.1 Å². The number of nitrogens with zero attached hydrogens (tertiary/aromatic N) is 1. The van der Waals surface area contributed by atoms with Crippen molar-refractivity contribution in [1.29, 1.82) is 0 Å². The van der Waals surface area contributed by atoms with E-state index in [-0.39, 0.29) is 0 Å². The number of rotatable bonds is 4. The molecule has 8 aromatic rings. The van der Waals surface area contributed by atoms with E-state index in [4.69, 9.17) is 4.42 Å². The zero-order valence-electron chi connectivity index (χ0n) is 24.0. The molecule has 2 heterocycles. The summed E-state index contributed by atoms with van der Waals surface area (Å²) in [5, 5.41) is 11.9. The topological polar surface area (TPSA) is 28.4 Å². The molecule has 1 aliphatic heterocycles. The molecule has 0 amide bonds. The first kappa shape index (κ1) is 24.8. The third-order valence-corrected chi connectivity index (χ3v) is 8.88. The molecule has 1 N–H and O–H groups in total. The molecule has 1 aliphatic rings. The van der Waals surface area contributed by atoms with Gasteiger partial charge in [0.15, 0.2) is 0 Å². The molecule has 7 aromatic carbocycles. The van der Waals surface area contributed by atoms with Crippen LogP contribution in [-0.4, -0.2) is 0 Å². The van der Waals surface area contributed by atoms with E-state index in [0.717, 1.165) is 39.4 Å². The molecule has 0 unspecified atom stereocenters. The molecule has 3 nitrogen and oxygen atoms in total. The molecule has 0 atom stereocenters. The van der Waals surface area contributed by atoms with Gasteiger partial charge in [0.25, 0.3) is 0 Å². The summed E-state index contributed by atoms with van der Waals surface area (Å²) in [5.74, 6) is 0.973. The minimum Gasteiger partial charge on any atom is -0.458 e. The maximum absolute atomic E-state index is 6.40. The molecular weight excluding hydrogens is 536 g/mol. The SMILES string of the molecule is C1=Cc2c(oc3cc(N(c4ccc(-c5ccccc5)cc4)c4cc5ccccc5c5c4ccc4ccccc45)ccc23)CN1. The van der Waals surface area contributed by atoms with Crippen molar-refractivity contribution < 1.29 is 4.42 Å². The number of hydrogen-bond donors (Lipinski definition) is 1. The second-order valence-corrected chi connectivity index (χ2v) is 11.4. The van der Waals surface area contributed by atoms with Crippen LogP contribution in [0, 0.1) is 0 Å². The van der Waals surface area contributed by atoms with Crippen LogP contribution in [0.15, 0.2) is 150 Å². The van der Waals surface area contributed by atoms with Crippen molar-refractivity contribution >= 4 is 66.4 Å². The molecule has 9 rings (SSSR count). The number of furan rings is 1. The minimum absolute atomic E-state index is 0.697. The van der Waals surface area contributed by atoms with Crippen molar-refractivity contribution in [3.63, 3.8) is 0 Å². The second-order valence-electron chi connectivity index (χ2n) is 11.4. The molecule has 0 spiro atoms. The van der Waals surface area contributed by atoms with Gasteiger partial charge in [0.1, 0.15) is 11.3 Å². The highest BCUT2D eigenvalue weighted by Crippen LogP contribution is 2.45. The van der Waals surface area contributed by atoms with Gasteiger partial charge in [-0.3, -0.25) is 0 Å². The van der Waals surface area contributed by atoms with Gasteiger partial charge in [-0.2, -0.15) is 0 Å². The predicted octanol–water partition coefficient (Wildman–Crippen LogP) is 11.1. The highest BCUT2D eigenvalue weighted by molar-refractivity contribution is 6.24. The summed E-state index contributed by atoms with van der Waals surface area (Å²) in [7, 11) is 0. The molecule has 0 aliphatic carbocycles. The lowest BCUT2D eigenvalue weighted by molar-refractivity contribution is 0.532. The zero-order chi connectivity index (χ0) is 29.0. The quantitative estimate of drug-likeness (QED) is 0.216. The summed E-state index contributed by atoms with van der Waals surface area (Å²) < 4.78 is 6.40. The molecule has 1 aromatic heterocycles. The van der Waals surface area contributed by atoms with Gasteiger partial charge in [0.2, 0.25) is 0 Å². The molecular formula is C41H28N2O. The Morgan fingerprint density at radius 2 is 1.23 bits per heavy atom. The Morgan fingerprint density at radius 3 is 2.07 bits per heavy atom. The Kier molecular flexibility index (Phi) is 5.57. The Bertz CT molecular complexity index is 2370. The summed E-state index contributed by atoms with van der Waals surface area (Å²) in [6.07, 6.45) is 4.10. The molecule has 0 saturated carbocycles. The first-order chi connectivity index (χ1) is 21.8. The van der Waals surface area contributed by atoms with Crippen LogP contribution in [0.3, 0.4) is 0 Å². The fourth-order valence-electron chi connectivity index (χ4n) is 6.80. The summed E-state index contributed by atoms with van der Waals surface area (Å²) in [6.45, 7) is 0.697. The average molecular weight is 565 g/mol. The van der Waals surface area contributed by atoms with E-state index in [0.29, 0.717) is 6.54 Å².